The van der Waals surface area contributed by atoms with Crippen molar-refractivity contribution in [2.45, 2.75) is 105 Å². The normalized spacial score (nSPS) is 14.6. The molecule has 0 aliphatic heterocycles. The Bertz CT molecular complexity index is 423. The molecular formula is C20H44O4P2S4Zn. The molecule has 0 radical (unpaired) electrons. The molecule has 0 aromatic heterocycles. The zero-order chi connectivity index (χ0) is 23.1. The molecule has 0 aromatic rings. The Labute approximate surface area is 225 Å². The fourth-order valence-corrected chi connectivity index (χ4v) is 7.27. The first kappa shape index (κ1) is 38.0. The molecule has 0 aromatic carbocycles. The minimum atomic E-state index is -2.77. The summed E-state index contributed by atoms with van der Waals surface area (Å²) >= 11 is 16.5. The van der Waals surface area contributed by atoms with Crippen LogP contribution in [0.1, 0.15) is 105 Å². The van der Waals surface area contributed by atoms with Gasteiger partial charge in [0.15, 0.2) is 0 Å². The first-order chi connectivity index (χ1) is 14.2. The summed E-state index contributed by atoms with van der Waals surface area (Å²) < 4.78 is 16.1. The van der Waals surface area contributed by atoms with Gasteiger partial charge in [0.2, 0.25) is 0 Å². The van der Waals surface area contributed by atoms with Crippen molar-refractivity contribution in [3.63, 3.8) is 0 Å². The average Bonchev–Trinajstić information content (AvgIpc) is 2.68. The van der Waals surface area contributed by atoms with Crippen molar-refractivity contribution in [3.8, 4) is 0 Å². The maximum atomic E-state index is 11.7. The summed E-state index contributed by atoms with van der Waals surface area (Å²) in [4.78, 5) is 11.7. The van der Waals surface area contributed by atoms with E-state index in [1.165, 1.54) is 43.5 Å². The summed E-state index contributed by atoms with van der Waals surface area (Å²) in [6.07, 6.45) is 13.5. The molecule has 0 saturated carbocycles. The minimum absolute atomic E-state index is 0. The Morgan fingerprint density at radius 3 is 1.55 bits per heavy atom. The summed E-state index contributed by atoms with van der Waals surface area (Å²) in [6, 6.07) is 0. The third kappa shape index (κ3) is 32.5. The molecule has 31 heavy (non-hydrogen) atoms. The van der Waals surface area contributed by atoms with Crippen LogP contribution in [0.3, 0.4) is 0 Å². The second kappa shape index (κ2) is 27.1. The second-order valence-electron chi connectivity index (χ2n) is 7.06. The molecule has 0 amide bonds. The van der Waals surface area contributed by atoms with Gasteiger partial charge in [-0.3, -0.25) is 0 Å². The largest absolute Gasteiger partial charge is 2.00 e. The van der Waals surface area contributed by atoms with E-state index in [-0.39, 0.29) is 19.5 Å². The smallest absolute Gasteiger partial charge is 0.793 e. The van der Waals surface area contributed by atoms with Crippen molar-refractivity contribution in [2.75, 3.05) is 25.6 Å². The molecule has 4 nitrogen and oxygen atoms in total. The molecule has 2 unspecified atom stereocenters. The van der Waals surface area contributed by atoms with Crippen molar-refractivity contribution in [1.29, 1.82) is 0 Å². The summed E-state index contributed by atoms with van der Waals surface area (Å²) in [5.74, 6) is 0.853. The van der Waals surface area contributed by atoms with Gasteiger partial charge < -0.3 is 30.7 Å². The van der Waals surface area contributed by atoms with Crippen molar-refractivity contribution < 1.29 is 37.9 Å². The van der Waals surface area contributed by atoms with Gasteiger partial charge >= 0.3 is 19.5 Å². The van der Waals surface area contributed by atoms with Gasteiger partial charge in [0, 0.05) is 5.69 Å². The van der Waals surface area contributed by atoms with E-state index in [9.17, 15) is 4.89 Å². The van der Waals surface area contributed by atoms with Crippen LogP contribution in [0.5, 0.6) is 0 Å². The summed E-state index contributed by atoms with van der Waals surface area (Å²) in [7, 11) is 0. The Kier molecular flexibility index (Phi) is 33.2. The van der Waals surface area contributed by atoms with E-state index in [0.717, 1.165) is 50.7 Å². The molecular weight excluding hydrogens is 560 g/mol. The van der Waals surface area contributed by atoms with Crippen LogP contribution >= 0.6 is 22.8 Å². The van der Waals surface area contributed by atoms with Crippen LogP contribution in [0, 0.1) is 0 Å². The van der Waals surface area contributed by atoms with Gasteiger partial charge in [-0.2, -0.15) is 0 Å². The van der Waals surface area contributed by atoms with Crippen LogP contribution in [0.2, 0.25) is 0 Å². The van der Waals surface area contributed by atoms with Gasteiger partial charge in [0.25, 0.3) is 0 Å². The standard InChI is InChI=1S/2C10H23O2PS2.Zn/c1-3-5-7-8-9-12-13(11,14)15-10-6-4-2;1-3-5-7-8-10-12-13(14,15)11-9-6-4-2;/h3-10H2,1-2H3,(H,11,14);3-10H2,1-2H3,(H,14,15);/q;;+2/p-2. The molecule has 0 N–H and O–H groups in total. The SMILES string of the molecule is CCCCCCOP(=S)([S-])OCCCC.CCCCCCOP([O-])(=S)SCCCC.[Zn+2]. The molecule has 0 bridgehead atoms. The number of unbranched alkanes of at least 4 members (excludes halogenated alkanes) is 8. The number of hydrogen-bond acceptors (Lipinski definition) is 8. The summed E-state index contributed by atoms with van der Waals surface area (Å²) in [5, 5.41) is 0. The quantitative estimate of drug-likeness (QED) is 0.0603. The van der Waals surface area contributed by atoms with Gasteiger partial charge in [-0.25, -0.2) is 0 Å². The minimum Gasteiger partial charge on any atom is -0.793 e. The molecule has 11 heteroatoms. The number of hydrogen-bond donors (Lipinski definition) is 0. The molecule has 0 aliphatic rings. The molecule has 0 aliphatic carbocycles. The van der Waals surface area contributed by atoms with Crippen LogP contribution < -0.4 is 4.89 Å². The Morgan fingerprint density at radius 1 is 0.677 bits per heavy atom. The fourth-order valence-electron chi connectivity index (χ4n) is 2.13. The van der Waals surface area contributed by atoms with E-state index in [1.54, 1.807) is 0 Å². The van der Waals surface area contributed by atoms with Crippen LogP contribution in [-0.4, -0.2) is 25.6 Å². The van der Waals surface area contributed by atoms with Crippen LogP contribution in [0.25, 0.3) is 0 Å². The predicted octanol–water partition coefficient (Wildman–Crippen LogP) is 7.87. The monoisotopic (exact) mass is 602 g/mol. The Hall–Kier alpha value is 2.46. The molecule has 0 rings (SSSR count). The third-order valence-corrected chi connectivity index (χ3v) is 10.6. The van der Waals surface area contributed by atoms with Gasteiger partial charge in [-0.05, 0) is 31.4 Å². The zero-order valence-corrected chi connectivity index (χ0v) is 28.2. The number of rotatable bonds is 20. The molecule has 0 heterocycles. The Morgan fingerprint density at radius 2 is 1.10 bits per heavy atom. The van der Waals surface area contributed by atoms with Crippen LogP contribution in [0.4, 0.5) is 0 Å². The van der Waals surface area contributed by atoms with Crippen molar-refractivity contribution >= 4 is 58.6 Å². The maximum absolute atomic E-state index is 11.7. The van der Waals surface area contributed by atoms with Gasteiger partial charge in [-0.1, -0.05) is 103 Å². The van der Waals surface area contributed by atoms with Gasteiger partial charge in [-0.15, -0.1) is 11.4 Å². The molecule has 0 saturated heterocycles. The first-order valence-electron chi connectivity index (χ1n) is 11.4. The van der Waals surface area contributed by atoms with Gasteiger partial charge in [0.05, 0.1) is 25.5 Å². The van der Waals surface area contributed by atoms with E-state index < -0.39 is 11.4 Å². The first-order valence-corrected chi connectivity index (χ1v) is 19.3. The zero-order valence-electron chi connectivity index (χ0n) is 20.2. The third-order valence-electron chi connectivity index (χ3n) is 3.99. The molecule has 0 fully saturated rings. The van der Waals surface area contributed by atoms with Crippen molar-refractivity contribution in [1.82, 2.24) is 0 Å². The van der Waals surface area contributed by atoms with E-state index in [1.807, 2.05) is 0 Å². The predicted molar refractivity (Wildman–Crippen MR) is 144 cm³/mol. The average molecular weight is 604 g/mol. The summed E-state index contributed by atoms with van der Waals surface area (Å²) in [5.41, 5.74) is -5.13. The van der Waals surface area contributed by atoms with Crippen molar-refractivity contribution in [2.24, 2.45) is 0 Å². The Balaban J connectivity index is -0.000000490. The van der Waals surface area contributed by atoms with E-state index in [0.29, 0.717) is 19.8 Å². The molecule has 184 valence electrons. The molecule has 2 atom stereocenters. The van der Waals surface area contributed by atoms with Crippen LogP contribution in [-0.2, 0) is 68.9 Å². The van der Waals surface area contributed by atoms with Crippen LogP contribution in [0.15, 0.2) is 0 Å². The fraction of sp³-hybridized carbons (Fsp3) is 1.00. The van der Waals surface area contributed by atoms with Crippen molar-refractivity contribution in [3.05, 3.63) is 0 Å². The topological polar surface area (TPSA) is 50.8 Å². The van der Waals surface area contributed by atoms with E-state index >= 15 is 0 Å². The second-order valence-corrected chi connectivity index (χ2v) is 18.2. The van der Waals surface area contributed by atoms with Gasteiger partial charge in [0.1, 0.15) is 0 Å². The maximum Gasteiger partial charge on any atom is 2.00 e. The van der Waals surface area contributed by atoms with E-state index in [2.05, 4.69) is 27.7 Å². The van der Waals surface area contributed by atoms with E-state index in [4.69, 9.17) is 49.4 Å². The summed E-state index contributed by atoms with van der Waals surface area (Å²) in [6.45, 7) is 10.4. The molecule has 0 spiro atoms.